The summed E-state index contributed by atoms with van der Waals surface area (Å²) in [6.45, 7) is 4.83. The summed E-state index contributed by atoms with van der Waals surface area (Å²) in [6, 6.07) is 4.30. The Hall–Kier alpha value is -0.900. The van der Waals surface area contributed by atoms with E-state index >= 15 is 0 Å². The normalized spacial score (nSPS) is 12.4. The topological polar surface area (TPSA) is 38.0 Å². The highest BCUT2D eigenvalue weighted by Crippen LogP contribution is 2.23. The first-order valence-electron chi connectivity index (χ1n) is 5.18. The molecule has 0 aliphatic carbocycles. The van der Waals surface area contributed by atoms with Crippen molar-refractivity contribution in [3.8, 4) is 0 Å². The average Bonchev–Trinajstić information content (AvgIpc) is 2.26. The average molecular weight is 243 g/mol. The third kappa shape index (κ3) is 3.59. The van der Waals surface area contributed by atoms with E-state index in [1.807, 2.05) is 6.08 Å². The summed E-state index contributed by atoms with van der Waals surface area (Å²) in [6.07, 6.45) is 2.68. The molecule has 0 saturated carbocycles. The van der Waals surface area contributed by atoms with E-state index < -0.39 is 0 Å². The Morgan fingerprint density at radius 1 is 1.56 bits per heavy atom. The van der Waals surface area contributed by atoms with Gasteiger partial charge in [0, 0.05) is 17.6 Å². The van der Waals surface area contributed by atoms with Crippen LogP contribution in [0.1, 0.15) is 18.0 Å². The van der Waals surface area contributed by atoms with E-state index in [2.05, 4.69) is 11.9 Å². The van der Waals surface area contributed by atoms with Crippen molar-refractivity contribution in [2.45, 2.75) is 12.5 Å². The predicted molar refractivity (Wildman–Crippen MR) is 66.0 cm³/mol. The molecule has 0 fully saturated rings. The third-order valence-electron chi connectivity index (χ3n) is 2.31. The molecule has 4 heteroatoms. The van der Waals surface area contributed by atoms with Gasteiger partial charge in [-0.15, -0.1) is 6.58 Å². The quantitative estimate of drug-likeness (QED) is 0.595. The number of nitrogens with two attached hydrogens (primary N) is 1. The van der Waals surface area contributed by atoms with Gasteiger partial charge in [0.05, 0.1) is 0 Å². The van der Waals surface area contributed by atoms with Crippen molar-refractivity contribution >= 4 is 11.6 Å². The standard InChI is InChI=1S/C12H16ClFN2/c1-2-3-6-16-12(8-15)10-5-4-9(14)7-11(10)13/h2,4-5,7,12,16H,1,3,6,8,15H2. The van der Waals surface area contributed by atoms with Gasteiger partial charge in [-0.1, -0.05) is 23.7 Å². The number of halogens is 2. The zero-order valence-electron chi connectivity index (χ0n) is 9.05. The molecule has 0 aromatic heterocycles. The molecular weight excluding hydrogens is 227 g/mol. The monoisotopic (exact) mass is 242 g/mol. The van der Waals surface area contributed by atoms with Crippen LogP contribution in [0.15, 0.2) is 30.9 Å². The Balaban J connectivity index is 2.74. The second kappa shape index (κ2) is 6.63. The van der Waals surface area contributed by atoms with Crippen molar-refractivity contribution in [1.82, 2.24) is 5.32 Å². The molecule has 0 radical (unpaired) electrons. The zero-order valence-corrected chi connectivity index (χ0v) is 9.80. The molecule has 0 heterocycles. The van der Waals surface area contributed by atoms with Crippen LogP contribution in [0.4, 0.5) is 4.39 Å². The maximum atomic E-state index is 12.9. The molecule has 1 aromatic carbocycles. The summed E-state index contributed by atoms with van der Waals surface area (Å²) in [4.78, 5) is 0. The van der Waals surface area contributed by atoms with Crippen LogP contribution in [0, 0.1) is 5.82 Å². The van der Waals surface area contributed by atoms with E-state index in [0.29, 0.717) is 11.6 Å². The first-order chi connectivity index (χ1) is 7.69. The van der Waals surface area contributed by atoms with Crippen molar-refractivity contribution < 1.29 is 4.39 Å². The molecule has 0 aliphatic rings. The van der Waals surface area contributed by atoms with E-state index in [4.69, 9.17) is 17.3 Å². The molecule has 1 aromatic rings. The molecular formula is C12H16ClFN2. The summed E-state index contributed by atoms with van der Waals surface area (Å²) in [5, 5.41) is 3.65. The molecule has 0 saturated heterocycles. The van der Waals surface area contributed by atoms with Crippen LogP contribution in [0.5, 0.6) is 0 Å². The Labute approximate surface area is 100 Å². The lowest BCUT2D eigenvalue weighted by Gasteiger charge is -2.18. The predicted octanol–water partition coefficient (Wildman–Crippen LogP) is 2.64. The van der Waals surface area contributed by atoms with Crippen molar-refractivity contribution in [3.05, 3.63) is 47.3 Å². The molecule has 1 rings (SSSR count). The van der Waals surface area contributed by atoms with Crippen LogP contribution in [-0.2, 0) is 0 Å². The van der Waals surface area contributed by atoms with E-state index in [9.17, 15) is 4.39 Å². The summed E-state index contributed by atoms with van der Waals surface area (Å²) in [5.41, 5.74) is 6.48. The second-order valence-corrected chi connectivity index (χ2v) is 3.89. The lowest BCUT2D eigenvalue weighted by atomic mass is 10.1. The van der Waals surface area contributed by atoms with Crippen LogP contribution in [0.2, 0.25) is 5.02 Å². The Morgan fingerprint density at radius 3 is 2.88 bits per heavy atom. The molecule has 3 N–H and O–H groups in total. The third-order valence-corrected chi connectivity index (χ3v) is 2.64. The summed E-state index contributed by atoms with van der Waals surface area (Å²) in [5.74, 6) is -0.337. The van der Waals surface area contributed by atoms with Gasteiger partial charge < -0.3 is 11.1 Å². The van der Waals surface area contributed by atoms with Gasteiger partial charge in [-0.3, -0.25) is 0 Å². The highest BCUT2D eigenvalue weighted by Gasteiger charge is 2.12. The van der Waals surface area contributed by atoms with Gasteiger partial charge in [-0.2, -0.15) is 0 Å². The van der Waals surface area contributed by atoms with Crippen molar-refractivity contribution in [2.75, 3.05) is 13.1 Å². The van der Waals surface area contributed by atoms with Crippen molar-refractivity contribution in [3.63, 3.8) is 0 Å². The van der Waals surface area contributed by atoms with E-state index in [1.54, 1.807) is 6.07 Å². The Morgan fingerprint density at radius 2 is 2.31 bits per heavy atom. The maximum absolute atomic E-state index is 12.9. The van der Waals surface area contributed by atoms with Crippen LogP contribution >= 0.6 is 11.6 Å². The molecule has 16 heavy (non-hydrogen) atoms. The molecule has 1 atom stereocenters. The first-order valence-corrected chi connectivity index (χ1v) is 5.56. The first kappa shape index (κ1) is 13.2. The second-order valence-electron chi connectivity index (χ2n) is 3.49. The van der Waals surface area contributed by atoms with E-state index in [-0.39, 0.29) is 11.9 Å². The fourth-order valence-corrected chi connectivity index (χ4v) is 1.76. The minimum absolute atomic E-state index is 0.0481. The molecule has 0 aliphatic heterocycles. The number of hydrogen-bond donors (Lipinski definition) is 2. The summed E-state index contributed by atoms with van der Waals surface area (Å²) < 4.78 is 12.9. The van der Waals surface area contributed by atoms with Crippen LogP contribution in [0.3, 0.4) is 0 Å². The van der Waals surface area contributed by atoms with Gasteiger partial charge >= 0.3 is 0 Å². The molecule has 0 spiro atoms. The number of rotatable bonds is 6. The lowest BCUT2D eigenvalue weighted by Crippen LogP contribution is -2.29. The summed E-state index contributed by atoms with van der Waals surface area (Å²) >= 11 is 5.96. The van der Waals surface area contributed by atoms with E-state index in [0.717, 1.165) is 18.5 Å². The number of nitrogens with one attached hydrogen (secondary N) is 1. The van der Waals surface area contributed by atoms with Crippen LogP contribution in [-0.4, -0.2) is 13.1 Å². The zero-order chi connectivity index (χ0) is 12.0. The minimum Gasteiger partial charge on any atom is -0.329 e. The lowest BCUT2D eigenvalue weighted by molar-refractivity contribution is 0.546. The molecule has 88 valence electrons. The van der Waals surface area contributed by atoms with Crippen LogP contribution < -0.4 is 11.1 Å². The highest BCUT2D eigenvalue weighted by atomic mass is 35.5. The van der Waals surface area contributed by atoms with Crippen molar-refractivity contribution in [1.29, 1.82) is 0 Å². The van der Waals surface area contributed by atoms with Gasteiger partial charge in [-0.05, 0) is 30.7 Å². The molecule has 1 unspecified atom stereocenters. The van der Waals surface area contributed by atoms with E-state index in [1.165, 1.54) is 12.1 Å². The van der Waals surface area contributed by atoms with Gasteiger partial charge in [0.15, 0.2) is 0 Å². The van der Waals surface area contributed by atoms with Gasteiger partial charge in [0.1, 0.15) is 5.82 Å². The summed E-state index contributed by atoms with van der Waals surface area (Å²) in [7, 11) is 0. The largest absolute Gasteiger partial charge is 0.329 e. The SMILES string of the molecule is C=CCCNC(CN)c1ccc(F)cc1Cl. The number of hydrogen-bond acceptors (Lipinski definition) is 2. The smallest absolute Gasteiger partial charge is 0.124 e. The fourth-order valence-electron chi connectivity index (χ4n) is 1.46. The Bertz CT molecular complexity index is 355. The van der Waals surface area contributed by atoms with Gasteiger partial charge in [-0.25, -0.2) is 4.39 Å². The number of benzene rings is 1. The molecule has 2 nitrogen and oxygen atoms in total. The Kier molecular flexibility index (Phi) is 5.46. The maximum Gasteiger partial charge on any atom is 0.124 e. The molecule has 0 bridgehead atoms. The van der Waals surface area contributed by atoms with Gasteiger partial charge in [0.2, 0.25) is 0 Å². The van der Waals surface area contributed by atoms with Crippen LogP contribution in [0.25, 0.3) is 0 Å². The fraction of sp³-hybridized carbons (Fsp3) is 0.333. The highest BCUT2D eigenvalue weighted by molar-refractivity contribution is 6.31. The minimum atomic E-state index is -0.337. The molecule has 0 amide bonds. The van der Waals surface area contributed by atoms with Gasteiger partial charge in [0.25, 0.3) is 0 Å². The van der Waals surface area contributed by atoms with Crippen molar-refractivity contribution in [2.24, 2.45) is 5.73 Å².